The lowest BCUT2D eigenvalue weighted by atomic mass is 10.1. The summed E-state index contributed by atoms with van der Waals surface area (Å²) in [6.45, 7) is 10.9. The molecule has 0 aromatic heterocycles. The van der Waals surface area contributed by atoms with Crippen LogP contribution in [0, 0.1) is 5.92 Å². The van der Waals surface area contributed by atoms with E-state index >= 15 is 0 Å². The van der Waals surface area contributed by atoms with E-state index in [-0.39, 0.29) is 24.5 Å². The molecule has 5 heteroatoms. The molecule has 0 aliphatic rings. The molecule has 0 aliphatic carbocycles. The second kappa shape index (κ2) is 7.36. The third-order valence-electron chi connectivity index (χ3n) is 3.20. The fourth-order valence-corrected chi connectivity index (χ4v) is 1.81. The molecular formula is C14H28N2O3. The smallest absolute Gasteiger partial charge is 0.320 e. The van der Waals surface area contributed by atoms with Crippen molar-refractivity contribution in [3.05, 3.63) is 0 Å². The molecule has 19 heavy (non-hydrogen) atoms. The zero-order chi connectivity index (χ0) is 15.2. The van der Waals surface area contributed by atoms with Crippen molar-refractivity contribution < 1.29 is 14.7 Å². The van der Waals surface area contributed by atoms with Crippen LogP contribution in [0.25, 0.3) is 0 Å². The summed E-state index contributed by atoms with van der Waals surface area (Å²) in [4.78, 5) is 26.4. The molecule has 1 N–H and O–H groups in total. The molecule has 1 unspecified atom stereocenters. The van der Waals surface area contributed by atoms with Crippen LogP contribution in [0.4, 0.5) is 4.79 Å². The number of hydrogen-bond acceptors (Lipinski definition) is 2. The molecule has 0 radical (unpaired) electrons. The number of rotatable bonds is 6. The van der Waals surface area contributed by atoms with Gasteiger partial charge in [0.25, 0.3) is 0 Å². The second-order valence-corrected chi connectivity index (χ2v) is 6.14. The minimum atomic E-state index is -0.883. The minimum absolute atomic E-state index is 0.0276. The van der Waals surface area contributed by atoms with Gasteiger partial charge in [-0.1, -0.05) is 20.3 Å². The molecule has 0 aliphatic heterocycles. The molecular weight excluding hydrogens is 244 g/mol. The van der Waals surface area contributed by atoms with Gasteiger partial charge in [-0.25, -0.2) is 4.79 Å². The third kappa shape index (κ3) is 6.45. The van der Waals surface area contributed by atoms with Crippen LogP contribution in [0.15, 0.2) is 0 Å². The van der Waals surface area contributed by atoms with E-state index in [0.29, 0.717) is 12.5 Å². The summed E-state index contributed by atoms with van der Waals surface area (Å²) >= 11 is 0. The average molecular weight is 272 g/mol. The summed E-state index contributed by atoms with van der Waals surface area (Å²) in [5.74, 6) is -0.443. The Morgan fingerprint density at radius 2 is 1.79 bits per heavy atom. The lowest BCUT2D eigenvalue weighted by Gasteiger charge is -2.38. The van der Waals surface area contributed by atoms with Crippen molar-refractivity contribution in [2.45, 2.75) is 53.0 Å². The Bertz CT molecular complexity index is 310. The minimum Gasteiger partial charge on any atom is -0.481 e. The highest BCUT2D eigenvalue weighted by molar-refractivity contribution is 5.76. The van der Waals surface area contributed by atoms with Gasteiger partial charge in [-0.15, -0.1) is 0 Å². The van der Waals surface area contributed by atoms with E-state index in [1.807, 2.05) is 20.8 Å². The SMILES string of the molecule is CCC(C)CN(C)C(=O)N(CCC(=O)O)C(C)(C)C. The molecule has 0 aromatic rings. The third-order valence-corrected chi connectivity index (χ3v) is 3.20. The first kappa shape index (κ1) is 17.7. The summed E-state index contributed by atoms with van der Waals surface area (Å²) in [6.07, 6.45) is 0.989. The average Bonchev–Trinajstić information content (AvgIpc) is 2.26. The van der Waals surface area contributed by atoms with Crippen LogP contribution in [0.3, 0.4) is 0 Å². The molecule has 112 valence electrons. The van der Waals surface area contributed by atoms with Gasteiger partial charge in [0, 0.05) is 25.7 Å². The van der Waals surface area contributed by atoms with Crippen LogP contribution in [-0.4, -0.2) is 52.6 Å². The molecule has 0 fully saturated rings. The van der Waals surface area contributed by atoms with E-state index in [0.717, 1.165) is 6.42 Å². The molecule has 1 atom stereocenters. The van der Waals surface area contributed by atoms with Crippen LogP contribution < -0.4 is 0 Å². The predicted octanol–water partition coefficient (Wildman–Crippen LogP) is 2.66. The van der Waals surface area contributed by atoms with E-state index < -0.39 is 5.97 Å². The Kier molecular flexibility index (Phi) is 6.87. The fraction of sp³-hybridized carbons (Fsp3) is 0.857. The van der Waals surface area contributed by atoms with Gasteiger partial charge in [0.2, 0.25) is 0 Å². The van der Waals surface area contributed by atoms with E-state index in [9.17, 15) is 9.59 Å². The second-order valence-electron chi connectivity index (χ2n) is 6.14. The molecule has 0 saturated carbocycles. The van der Waals surface area contributed by atoms with Gasteiger partial charge in [-0.2, -0.15) is 0 Å². The normalized spacial score (nSPS) is 12.9. The van der Waals surface area contributed by atoms with Crippen LogP contribution in [0.2, 0.25) is 0 Å². The number of amides is 2. The van der Waals surface area contributed by atoms with Crippen molar-refractivity contribution in [1.82, 2.24) is 9.80 Å². The highest BCUT2D eigenvalue weighted by Crippen LogP contribution is 2.17. The fourth-order valence-electron chi connectivity index (χ4n) is 1.81. The molecule has 0 rings (SSSR count). The Balaban J connectivity index is 4.75. The summed E-state index contributed by atoms with van der Waals surface area (Å²) in [5, 5.41) is 8.78. The molecule has 5 nitrogen and oxygen atoms in total. The van der Waals surface area contributed by atoms with Crippen molar-refractivity contribution >= 4 is 12.0 Å². The van der Waals surface area contributed by atoms with Gasteiger partial charge < -0.3 is 14.9 Å². The van der Waals surface area contributed by atoms with Crippen LogP contribution in [-0.2, 0) is 4.79 Å². The Hall–Kier alpha value is -1.26. The number of hydrogen-bond donors (Lipinski definition) is 1. The molecule has 2 amide bonds. The van der Waals surface area contributed by atoms with Crippen LogP contribution in [0.1, 0.15) is 47.5 Å². The zero-order valence-electron chi connectivity index (χ0n) is 13.1. The first-order chi connectivity index (χ1) is 8.59. The number of carboxylic acids is 1. The lowest BCUT2D eigenvalue weighted by molar-refractivity contribution is -0.137. The summed E-state index contributed by atoms with van der Waals surface area (Å²) < 4.78 is 0. The predicted molar refractivity (Wildman–Crippen MR) is 76.2 cm³/mol. The highest BCUT2D eigenvalue weighted by Gasteiger charge is 2.29. The van der Waals surface area contributed by atoms with Gasteiger partial charge in [-0.3, -0.25) is 4.79 Å². The Labute approximate surface area is 116 Å². The number of aliphatic carboxylic acids is 1. The van der Waals surface area contributed by atoms with Crippen LogP contribution in [0.5, 0.6) is 0 Å². The maximum atomic E-state index is 12.4. The van der Waals surface area contributed by atoms with Crippen molar-refractivity contribution in [2.75, 3.05) is 20.1 Å². The molecule has 0 aromatic carbocycles. The Morgan fingerprint density at radius 1 is 1.26 bits per heavy atom. The molecule has 0 bridgehead atoms. The van der Waals surface area contributed by atoms with Gasteiger partial charge in [0.1, 0.15) is 0 Å². The maximum absolute atomic E-state index is 12.4. The van der Waals surface area contributed by atoms with E-state index in [1.54, 1.807) is 16.8 Å². The Morgan fingerprint density at radius 3 is 2.16 bits per heavy atom. The zero-order valence-corrected chi connectivity index (χ0v) is 13.1. The van der Waals surface area contributed by atoms with Crippen molar-refractivity contribution in [3.63, 3.8) is 0 Å². The number of urea groups is 1. The van der Waals surface area contributed by atoms with Crippen molar-refractivity contribution in [1.29, 1.82) is 0 Å². The van der Waals surface area contributed by atoms with Gasteiger partial charge >= 0.3 is 12.0 Å². The molecule has 0 saturated heterocycles. The van der Waals surface area contributed by atoms with Crippen LogP contribution >= 0.6 is 0 Å². The van der Waals surface area contributed by atoms with Crippen molar-refractivity contribution in [2.24, 2.45) is 5.92 Å². The standard InChI is InChI=1S/C14H28N2O3/c1-7-11(2)10-15(6)13(19)16(14(3,4)5)9-8-12(17)18/h11H,7-10H2,1-6H3,(H,17,18). The van der Waals surface area contributed by atoms with E-state index in [1.165, 1.54) is 0 Å². The first-order valence-electron chi connectivity index (χ1n) is 6.84. The number of carbonyl (C=O) groups excluding carboxylic acids is 1. The number of carboxylic acid groups (broad SMARTS) is 1. The van der Waals surface area contributed by atoms with Gasteiger partial charge in [0.05, 0.1) is 6.42 Å². The number of carbonyl (C=O) groups is 2. The van der Waals surface area contributed by atoms with Gasteiger partial charge in [-0.05, 0) is 26.7 Å². The topological polar surface area (TPSA) is 60.9 Å². The summed E-state index contributed by atoms with van der Waals surface area (Å²) in [5.41, 5.74) is -0.379. The van der Waals surface area contributed by atoms with Gasteiger partial charge in [0.15, 0.2) is 0 Å². The van der Waals surface area contributed by atoms with E-state index in [2.05, 4.69) is 13.8 Å². The maximum Gasteiger partial charge on any atom is 0.320 e. The molecule has 0 heterocycles. The summed E-state index contributed by atoms with van der Waals surface area (Å²) in [7, 11) is 1.77. The monoisotopic (exact) mass is 272 g/mol. The van der Waals surface area contributed by atoms with Crippen molar-refractivity contribution in [3.8, 4) is 0 Å². The first-order valence-corrected chi connectivity index (χ1v) is 6.84. The quantitative estimate of drug-likeness (QED) is 0.808. The lowest BCUT2D eigenvalue weighted by Crippen LogP contribution is -2.52. The number of nitrogens with zero attached hydrogens (tertiary/aromatic N) is 2. The summed E-state index contributed by atoms with van der Waals surface area (Å²) in [6, 6.07) is -0.103. The highest BCUT2D eigenvalue weighted by atomic mass is 16.4. The van der Waals surface area contributed by atoms with E-state index in [4.69, 9.17) is 5.11 Å². The largest absolute Gasteiger partial charge is 0.481 e. The molecule has 0 spiro atoms.